The van der Waals surface area contributed by atoms with E-state index in [0.717, 1.165) is 36.8 Å². The van der Waals surface area contributed by atoms with Crippen LogP contribution >= 0.6 is 23.2 Å². The molecule has 0 radical (unpaired) electrons. The molecule has 3 heterocycles. The quantitative estimate of drug-likeness (QED) is 0.454. The Kier molecular flexibility index (Phi) is 3.96. The second-order valence-electron chi connectivity index (χ2n) is 6.24. The maximum absolute atomic E-state index is 14.2. The summed E-state index contributed by atoms with van der Waals surface area (Å²) in [6.45, 7) is -6.49. The molecule has 1 fully saturated rings. The third kappa shape index (κ3) is 4.65. The van der Waals surface area contributed by atoms with Crippen molar-refractivity contribution >= 4 is 29.0 Å². The molecule has 170 valence electrons. The van der Waals surface area contributed by atoms with Crippen LogP contribution in [0.5, 0.6) is 5.75 Å². The lowest BCUT2D eigenvalue weighted by Crippen LogP contribution is -2.29. The van der Waals surface area contributed by atoms with Gasteiger partial charge in [0.1, 0.15) is 5.82 Å². The molecular weight excluding hydrogens is 466 g/mol. The number of nitrogen functional groups attached to an aromatic ring is 1. The van der Waals surface area contributed by atoms with Gasteiger partial charge in [-0.05, 0) is 43.9 Å². The van der Waals surface area contributed by atoms with Crippen molar-refractivity contribution in [3.8, 4) is 16.9 Å². The first kappa shape index (κ1) is 13.3. The number of hydrogen-bond acceptors (Lipinski definition) is 5. The van der Waals surface area contributed by atoms with Crippen LogP contribution in [0.4, 0.5) is 19.0 Å². The van der Waals surface area contributed by atoms with Crippen LogP contribution in [0.2, 0.25) is 10.0 Å². The van der Waals surface area contributed by atoms with Crippen molar-refractivity contribution in [3.05, 3.63) is 58.2 Å². The smallest absolute Gasteiger partial charge is 0.279 e. The van der Waals surface area contributed by atoms with Gasteiger partial charge in [-0.25, -0.2) is 18.2 Å². The molecule has 4 rings (SSSR count). The van der Waals surface area contributed by atoms with Gasteiger partial charge in [-0.2, -0.15) is 5.10 Å². The zero-order valence-electron chi connectivity index (χ0n) is 25.8. The van der Waals surface area contributed by atoms with Gasteiger partial charge in [0, 0.05) is 45.1 Å². The molecule has 1 aliphatic rings. The Morgan fingerprint density at radius 3 is 2.75 bits per heavy atom. The summed E-state index contributed by atoms with van der Waals surface area (Å²) in [6, 6.07) is -0.637. The number of halogens is 5. The zero-order chi connectivity index (χ0) is 31.8. The molecule has 1 aliphatic heterocycles. The number of hydrogen-bond donors (Lipinski definition) is 2. The lowest BCUT2D eigenvalue weighted by atomic mass is 10.1. The standard InChI is InChI=1S/C21H20Cl2F3N5O/c22-14-1-2-15(24)18(23)17(14)19(20(25)26)32-16-7-11(8-29-21(16)27)12-9-30-31(10-12)13-3-5-28-6-4-13/h1-2,7-10,13,19-20,28H,3-6H2,(H2,27,29)/i3D2,4D2,5D2,6D2,13D,19D. The predicted molar refractivity (Wildman–Crippen MR) is 117 cm³/mol. The maximum Gasteiger partial charge on any atom is 0.279 e. The van der Waals surface area contributed by atoms with E-state index >= 15 is 0 Å². The normalized spacial score (nSPS) is 28.7. The number of alkyl halides is 2. The summed E-state index contributed by atoms with van der Waals surface area (Å²) in [5.74, 6) is -2.29. The Labute approximate surface area is 206 Å². The first-order chi connectivity index (χ1) is 19.0. The van der Waals surface area contributed by atoms with Gasteiger partial charge in [0.15, 0.2) is 17.6 Å². The van der Waals surface area contributed by atoms with Crippen LogP contribution in [-0.4, -0.2) is 34.2 Å². The largest absolute Gasteiger partial charge is 0.476 e. The number of nitrogens with zero attached hydrogens (tertiary/aromatic N) is 3. The van der Waals surface area contributed by atoms with Gasteiger partial charge in [0.05, 0.1) is 20.0 Å². The third-order valence-corrected chi connectivity index (χ3v) is 4.91. The van der Waals surface area contributed by atoms with Crippen LogP contribution in [-0.2, 0) is 0 Å². The molecule has 1 unspecified atom stereocenters. The fourth-order valence-corrected chi connectivity index (χ4v) is 3.28. The van der Waals surface area contributed by atoms with Crippen molar-refractivity contribution in [2.75, 3.05) is 18.7 Å². The summed E-state index contributed by atoms with van der Waals surface area (Å²) in [7, 11) is 0. The number of ether oxygens (including phenoxy) is 1. The Morgan fingerprint density at radius 1 is 1.28 bits per heavy atom. The van der Waals surface area contributed by atoms with Crippen molar-refractivity contribution in [2.24, 2.45) is 0 Å². The van der Waals surface area contributed by atoms with Gasteiger partial charge in [0.25, 0.3) is 6.43 Å². The van der Waals surface area contributed by atoms with Crippen LogP contribution in [0.25, 0.3) is 11.1 Å². The molecule has 0 spiro atoms. The number of anilines is 1. The molecule has 0 saturated carbocycles. The molecule has 3 N–H and O–H groups in total. The number of pyridine rings is 1. The molecule has 1 saturated heterocycles. The first-order valence-electron chi connectivity index (χ1n) is 13.8. The number of nitrogens with two attached hydrogens (primary N) is 1. The molecule has 0 amide bonds. The SMILES string of the molecule is [2H]C(Oc1cc(-c2cnn(C3([2H])C([2H])([2H])C([2H])([2H])NC([2H])([2H])C3([2H])[2H])c2)cnc1N)(c1c(Cl)ccc(F)c1Cl)C(F)F. The van der Waals surface area contributed by atoms with E-state index in [1.165, 1.54) is 0 Å². The minimum absolute atomic E-state index is 0.0526. The summed E-state index contributed by atoms with van der Waals surface area (Å²) in [6.07, 6.45) is -11.0. The minimum atomic E-state index is -3.65. The van der Waals surface area contributed by atoms with Crippen LogP contribution in [0.1, 0.15) is 44.1 Å². The molecule has 3 aromatic rings. The molecule has 2 aromatic heterocycles. The highest BCUT2D eigenvalue weighted by Gasteiger charge is 2.31. The highest BCUT2D eigenvalue weighted by molar-refractivity contribution is 6.36. The van der Waals surface area contributed by atoms with Crippen LogP contribution in [0, 0.1) is 5.82 Å². The summed E-state index contributed by atoms with van der Waals surface area (Å²) in [5.41, 5.74) is 4.77. The summed E-state index contributed by atoms with van der Waals surface area (Å²) < 4.78 is 130. The van der Waals surface area contributed by atoms with E-state index in [-0.39, 0.29) is 11.1 Å². The average Bonchev–Trinajstić information content (AvgIpc) is 3.36. The Balaban J connectivity index is 1.81. The molecule has 0 bridgehead atoms. The summed E-state index contributed by atoms with van der Waals surface area (Å²) in [4.78, 5) is 3.82. The van der Waals surface area contributed by atoms with Crippen molar-refractivity contribution < 1.29 is 31.6 Å². The molecule has 32 heavy (non-hydrogen) atoms. The van der Waals surface area contributed by atoms with Gasteiger partial charge in [-0.1, -0.05) is 23.2 Å². The van der Waals surface area contributed by atoms with Crippen LogP contribution in [0.15, 0.2) is 36.8 Å². The van der Waals surface area contributed by atoms with Crippen molar-refractivity contribution in [2.45, 2.75) is 31.3 Å². The number of piperidine rings is 1. The van der Waals surface area contributed by atoms with Crippen molar-refractivity contribution in [1.82, 2.24) is 20.1 Å². The van der Waals surface area contributed by atoms with Crippen molar-refractivity contribution in [3.63, 3.8) is 0 Å². The number of benzene rings is 1. The van der Waals surface area contributed by atoms with E-state index in [9.17, 15) is 13.2 Å². The van der Waals surface area contributed by atoms with E-state index in [1.54, 1.807) is 5.32 Å². The third-order valence-electron chi connectivity index (χ3n) is 4.22. The Bertz CT molecular complexity index is 1520. The highest BCUT2D eigenvalue weighted by atomic mass is 35.5. The average molecular weight is 496 g/mol. The molecule has 6 nitrogen and oxygen atoms in total. The topological polar surface area (TPSA) is 78.0 Å². The Morgan fingerprint density at radius 2 is 2.03 bits per heavy atom. The van der Waals surface area contributed by atoms with Gasteiger partial charge < -0.3 is 15.8 Å². The van der Waals surface area contributed by atoms with Crippen LogP contribution < -0.4 is 15.8 Å². The van der Waals surface area contributed by atoms with Crippen LogP contribution in [0.3, 0.4) is 0 Å². The van der Waals surface area contributed by atoms with E-state index in [4.69, 9.17) is 47.4 Å². The van der Waals surface area contributed by atoms with Gasteiger partial charge in [-0.3, -0.25) is 4.68 Å². The van der Waals surface area contributed by atoms with Gasteiger partial charge in [0.2, 0.25) is 0 Å². The fourth-order valence-electron chi connectivity index (χ4n) is 2.72. The number of nitrogens with one attached hydrogen (secondary N) is 1. The monoisotopic (exact) mass is 495 g/mol. The lowest BCUT2D eigenvalue weighted by molar-refractivity contribution is 0.0107. The maximum atomic E-state index is 14.2. The van der Waals surface area contributed by atoms with E-state index < -0.39 is 77.3 Å². The molecule has 1 atom stereocenters. The minimum Gasteiger partial charge on any atom is -0.476 e. The molecular formula is C21H20Cl2F3N5O. The summed E-state index contributed by atoms with van der Waals surface area (Å²) in [5, 5.41) is 4.04. The molecule has 0 aliphatic carbocycles. The lowest BCUT2D eigenvalue weighted by Gasteiger charge is -2.22. The Hall–Kier alpha value is -2.49. The van der Waals surface area contributed by atoms with Gasteiger partial charge >= 0.3 is 0 Å². The zero-order valence-corrected chi connectivity index (χ0v) is 17.3. The second-order valence-corrected chi connectivity index (χ2v) is 7.02. The van der Waals surface area contributed by atoms with Gasteiger partial charge in [-0.15, -0.1) is 0 Å². The summed E-state index contributed by atoms with van der Waals surface area (Å²) >= 11 is 11.8. The second kappa shape index (κ2) is 9.56. The first-order valence-corrected chi connectivity index (χ1v) is 9.52. The number of rotatable bonds is 6. The number of aromatic nitrogens is 3. The fraction of sp³-hybridized carbons (Fsp3) is 0.333. The predicted octanol–water partition coefficient (Wildman–Crippen LogP) is 5.28. The highest BCUT2D eigenvalue weighted by Crippen LogP contribution is 2.39. The van der Waals surface area contributed by atoms with E-state index in [0.29, 0.717) is 4.68 Å². The van der Waals surface area contributed by atoms with Crippen molar-refractivity contribution in [1.29, 1.82) is 0 Å². The molecule has 1 aromatic carbocycles. The van der Waals surface area contributed by atoms with E-state index in [2.05, 4.69) is 10.1 Å². The van der Waals surface area contributed by atoms with E-state index in [1.807, 2.05) is 0 Å². The molecule has 11 heteroatoms.